The number of rotatable bonds is 7. The predicted octanol–water partition coefficient (Wildman–Crippen LogP) is 4.79. The van der Waals surface area contributed by atoms with Gasteiger partial charge in [0.25, 0.3) is 0 Å². The molecule has 1 N–H and O–H groups in total. The van der Waals surface area contributed by atoms with Crippen molar-refractivity contribution < 1.29 is 18.7 Å². The smallest absolute Gasteiger partial charge is 0.338 e. The highest BCUT2D eigenvalue weighted by atomic mass is 35.5. The second-order valence-corrected chi connectivity index (χ2v) is 8.17. The van der Waals surface area contributed by atoms with Gasteiger partial charge in [-0.2, -0.15) is 0 Å². The minimum atomic E-state index is -0.397. The summed E-state index contributed by atoms with van der Waals surface area (Å²) in [5.41, 5.74) is 1.72. The molecular formula is C22H19ClN4O4S. The topological polar surface area (TPSA) is 99.2 Å². The lowest BCUT2D eigenvalue weighted by Crippen LogP contribution is -2.14. The monoisotopic (exact) mass is 470 g/mol. The Hall–Kier alpha value is -3.30. The first kappa shape index (κ1) is 21.9. The third kappa shape index (κ3) is 4.79. The van der Waals surface area contributed by atoms with Gasteiger partial charge in [-0.25, -0.2) is 4.79 Å². The van der Waals surface area contributed by atoms with Crippen LogP contribution < -0.4 is 5.32 Å². The molecule has 0 bridgehead atoms. The van der Waals surface area contributed by atoms with Gasteiger partial charge >= 0.3 is 5.97 Å². The van der Waals surface area contributed by atoms with Crippen molar-refractivity contribution in [3.8, 4) is 11.6 Å². The molecule has 0 radical (unpaired) electrons. The van der Waals surface area contributed by atoms with E-state index in [1.165, 1.54) is 11.8 Å². The number of furan rings is 1. The number of esters is 1. The zero-order valence-electron chi connectivity index (χ0n) is 17.3. The highest BCUT2D eigenvalue weighted by Gasteiger charge is 2.17. The summed E-state index contributed by atoms with van der Waals surface area (Å²) in [5.74, 6) is 0.653. The van der Waals surface area contributed by atoms with Crippen LogP contribution in [0.15, 0.2) is 58.1 Å². The lowest BCUT2D eigenvalue weighted by atomic mass is 10.2. The van der Waals surface area contributed by atoms with Gasteiger partial charge in [-0.15, -0.1) is 10.2 Å². The van der Waals surface area contributed by atoms with Gasteiger partial charge in [-0.05, 0) is 55.5 Å². The van der Waals surface area contributed by atoms with E-state index < -0.39 is 5.97 Å². The fraction of sp³-hybridized carbons (Fsp3) is 0.182. The number of amides is 1. The summed E-state index contributed by atoms with van der Waals surface area (Å²) in [6.07, 6.45) is 0. The molecule has 0 aliphatic heterocycles. The molecule has 32 heavy (non-hydrogen) atoms. The number of aromatic nitrogens is 3. The molecule has 0 unspecified atom stereocenters. The lowest BCUT2D eigenvalue weighted by molar-refractivity contribution is -0.113. The molecular weight excluding hydrogens is 452 g/mol. The first-order valence-electron chi connectivity index (χ1n) is 9.73. The van der Waals surface area contributed by atoms with Crippen LogP contribution in [0, 0.1) is 0 Å². The van der Waals surface area contributed by atoms with Crippen molar-refractivity contribution >= 4 is 51.9 Å². The van der Waals surface area contributed by atoms with Crippen molar-refractivity contribution in [3.63, 3.8) is 0 Å². The van der Waals surface area contributed by atoms with Gasteiger partial charge in [-0.3, -0.25) is 4.79 Å². The zero-order chi connectivity index (χ0) is 22.7. The van der Waals surface area contributed by atoms with Gasteiger partial charge in [0.2, 0.25) is 5.91 Å². The van der Waals surface area contributed by atoms with Crippen LogP contribution in [0.1, 0.15) is 17.3 Å². The minimum Gasteiger partial charge on any atom is -0.462 e. The molecule has 4 aromatic rings. The maximum Gasteiger partial charge on any atom is 0.338 e. The Balaban J connectivity index is 1.38. The van der Waals surface area contributed by atoms with E-state index in [4.69, 9.17) is 20.8 Å². The molecule has 2 aromatic carbocycles. The number of nitrogens with one attached hydrogen (secondary N) is 1. The molecule has 2 aromatic heterocycles. The quantitative estimate of drug-likeness (QED) is 0.306. The van der Waals surface area contributed by atoms with Crippen LogP contribution in [0.25, 0.3) is 22.6 Å². The first-order chi connectivity index (χ1) is 15.4. The highest BCUT2D eigenvalue weighted by Crippen LogP contribution is 2.30. The Morgan fingerprint density at radius 3 is 2.69 bits per heavy atom. The third-order valence-corrected chi connectivity index (χ3v) is 5.80. The van der Waals surface area contributed by atoms with Crippen molar-refractivity contribution in [2.24, 2.45) is 7.05 Å². The van der Waals surface area contributed by atoms with Crippen molar-refractivity contribution in [2.75, 3.05) is 17.7 Å². The van der Waals surface area contributed by atoms with Gasteiger partial charge in [-0.1, -0.05) is 23.4 Å². The number of hydrogen-bond acceptors (Lipinski definition) is 7. The van der Waals surface area contributed by atoms with Crippen LogP contribution in [-0.4, -0.2) is 39.0 Å². The fourth-order valence-corrected chi connectivity index (χ4v) is 3.90. The Kier molecular flexibility index (Phi) is 6.48. The van der Waals surface area contributed by atoms with Gasteiger partial charge in [0.05, 0.1) is 17.9 Å². The molecule has 0 aliphatic rings. The number of ether oxygens (including phenoxy) is 1. The summed E-state index contributed by atoms with van der Waals surface area (Å²) >= 11 is 7.29. The molecule has 8 nitrogen and oxygen atoms in total. The largest absolute Gasteiger partial charge is 0.462 e. The molecule has 0 aliphatic carbocycles. The molecule has 1 amide bonds. The summed E-state index contributed by atoms with van der Waals surface area (Å²) in [5, 5.41) is 13.2. The van der Waals surface area contributed by atoms with Crippen molar-refractivity contribution in [1.82, 2.24) is 14.8 Å². The van der Waals surface area contributed by atoms with Gasteiger partial charge in [0.1, 0.15) is 5.58 Å². The Morgan fingerprint density at radius 1 is 1.16 bits per heavy atom. The van der Waals surface area contributed by atoms with E-state index in [-0.39, 0.29) is 11.7 Å². The van der Waals surface area contributed by atoms with E-state index in [0.717, 1.165) is 5.39 Å². The van der Waals surface area contributed by atoms with Crippen LogP contribution in [0.2, 0.25) is 5.02 Å². The number of benzene rings is 2. The SMILES string of the molecule is CCOC(=O)c1ccc(NC(=O)CSc2nnc(-c3cc4cc(Cl)ccc4o3)n2C)cc1. The number of nitrogens with zero attached hydrogens (tertiary/aromatic N) is 3. The van der Waals surface area contributed by atoms with Crippen LogP contribution >= 0.6 is 23.4 Å². The predicted molar refractivity (Wildman–Crippen MR) is 123 cm³/mol. The standard InChI is InChI=1S/C22H19ClN4O4S/c1-3-30-21(29)13-4-7-16(8-5-13)24-19(28)12-32-22-26-25-20(27(22)2)18-11-14-10-15(23)6-9-17(14)31-18/h4-11H,3,12H2,1-2H3,(H,24,28). The normalized spacial score (nSPS) is 11.0. The van der Waals surface area contributed by atoms with Crippen LogP contribution in [0.3, 0.4) is 0 Å². The van der Waals surface area contributed by atoms with E-state index in [1.807, 2.05) is 19.2 Å². The average Bonchev–Trinajstić information content (AvgIpc) is 3.35. The Bertz CT molecular complexity index is 1280. The van der Waals surface area contributed by atoms with E-state index in [2.05, 4.69) is 15.5 Å². The molecule has 4 rings (SSSR count). The number of halogens is 1. The molecule has 164 valence electrons. The number of anilines is 1. The number of carbonyl (C=O) groups excluding carboxylic acids is 2. The maximum absolute atomic E-state index is 12.3. The Labute approximate surface area is 192 Å². The van der Waals surface area contributed by atoms with Gasteiger partial charge < -0.3 is 19.0 Å². The molecule has 2 heterocycles. The maximum atomic E-state index is 12.3. The minimum absolute atomic E-state index is 0.140. The van der Waals surface area contributed by atoms with Crippen LogP contribution in [-0.2, 0) is 16.6 Å². The van der Waals surface area contributed by atoms with Crippen LogP contribution in [0.5, 0.6) is 0 Å². The second kappa shape index (κ2) is 9.46. The van der Waals surface area contributed by atoms with Gasteiger partial charge in [0, 0.05) is 23.1 Å². The summed E-state index contributed by atoms with van der Waals surface area (Å²) in [7, 11) is 1.81. The summed E-state index contributed by atoms with van der Waals surface area (Å²) < 4.78 is 12.6. The summed E-state index contributed by atoms with van der Waals surface area (Å²) in [6.45, 7) is 2.06. The molecule has 0 saturated carbocycles. The molecule has 0 atom stereocenters. The van der Waals surface area contributed by atoms with E-state index in [9.17, 15) is 9.59 Å². The van der Waals surface area contributed by atoms with E-state index in [1.54, 1.807) is 47.9 Å². The van der Waals surface area contributed by atoms with E-state index >= 15 is 0 Å². The lowest BCUT2D eigenvalue weighted by Gasteiger charge is -2.06. The number of hydrogen-bond donors (Lipinski definition) is 1. The average molecular weight is 471 g/mol. The number of fused-ring (bicyclic) bond motifs is 1. The zero-order valence-corrected chi connectivity index (χ0v) is 18.9. The summed E-state index contributed by atoms with van der Waals surface area (Å²) in [4.78, 5) is 24.0. The molecule has 10 heteroatoms. The van der Waals surface area contributed by atoms with Crippen molar-refractivity contribution in [1.29, 1.82) is 0 Å². The second-order valence-electron chi connectivity index (χ2n) is 6.79. The molecule has 0 fully saturated rings. The number of carbonyl (C=O) groups is 2. The first-order valence-corrected chi connectivity index (χ1v) is 11.1. The highest BCUT2D eigenvalue weighted by molar-refractivity contribution is 7.99. The molecule has 0 saturated heterocycles. The van der Waals surface area contributed by atoms with Gasteiger partial charge in [0.15, 0.2) is 16.7 Å². The van der Waals surface area contributed by atoms with E-state index in [0.29, 0.717) is 45.2 Å². The van der Waals surface area contributed by atoms with Crippen LogP contribution in [0.4, 0.5) is 5.69 Å². The van der Waals surface area contributed by atoms with Crippen molar-refractivity contribution in [2.45, 2.75) is 12.1 Å². The Morgan fingerprint density at radius 2 is 1.94 bits per heavy atom. The summed E-state index contributed by atoms with van der Waals surface area (Å²) in [6, 6.07) is 13.8. The fourth-order valence-electron chi connectivity index (χ4n) is 3.01. The van der Waals surface area contributed by atoms with Crippen molar-refractivity contribution in [3.05, 3.63) is 59.1 Å². The number of thioether (sulfide) groups is 1. The molecule has 0 spiro atoms. The third-order valence-electron chi connectivity index (χ3n) is 4.55.